The standard InChI is InChI=1S/C16H16N4O2/c1-22-14-9-7-13(8-10-14)15(19-20-17)16(21)18-11-12-5-3-2-4-6-12/h2-10,15H,11H2,1H3,(H,18,21). The lowest BCUT2D eigenvalue weighted by molar-refractivity contribution is -0.122. The lowest BCUT2D eigenvalue weighted by Gasteiger charge is -2.13. The van der Waals surface area contributed by atoms with Crippen LogP contribution < -0.4 is 10.1 Å². The SMILES string of the molecule is COc1ccc(C(N=[N+]=[N-])C(=O)NCc2ccccc2)cc1. The van der Waals surface area contributed by atoms with Crippen LogP contribution >= 0.6 is 0 Å². The van der Waals surface area contributed by atoms with Gasteiger partial charge >= 0.3 is 0 Å². The van der Waals surface area contributed by atoms with E-state index in [1.165, 1.54) is 0 Å². The predicted molar refractivity (Wildman–Crippen MR) is 83.2 cm³/mol. The third-order valence-electron chi connectivity index (χ3n) is 3.16. The van der Waals surface area contributed by atoms with Gasteiger partial charge in [0.05, 0.1) is 7.11 Å². The Morgan fingerprint density at radius 2 is 1.91 bits per heavy atom. The monoisotopic (exact) mass is 296 g/mol. The van der Waals surface area contributed by atoms with Crippen molar-refractivity contribution in [1.29, 1.82) is 0 Å². The van der Waals surface area contributed by atoms with E-state index in [-0.39, 0.29) is 5.91 Å². The van der Waals surface area contributed by atoms with Gasteiger partial charge in [-0.05, 0) is 28.8 Å². The largest absolute Gasteiger partial charge is 0.497 e. The van der Waals surface area contributed by atoms with Gasteiger partial charge in [-0.3, -0.25) is 4.79 Å². The van der Waals surface area contributed by atoms with Crippen LogP contribution in [0.1, 0.15) is 17.2 Å². The van der Waals surface area contributed by atoms with Crippen molar-refractivity contribution < 1.29 is 9.53 Å². The first kappa shape index (κ1) is 15.4. The molecule has 2 rings (SSSR count). The number of methoxy groups -OCH3 is 1. The maximum atomic E-state index is 12.3. The van der Waals surface area contributed by atoms with E-state index in [4.69, 9.17) is 10.3 Å². The Morgan fingerprint density at radius 1 is 1.23 bits per heavy atom. The van der Waals surface area contributed by atoms with Crippen LogP contribution in [0, 0.1) is 0 Å². The van der Waals surface area contributed by atoms with E-state index < -0.39 is 6.04 Å². The van der Waals surface area contributed by atoms with E-state index >= 15 is 0 Å². The van der Waals surface area contributed by atoms with Gasteiger partial charge in [-0.2, -0.15) is 0 Å². The molecule has 0 saturated carbocycles. The fraction of sp³-hybridized carbons (Fsp3) is 0.188. The molecule has 6 heteroatoms. The number of carbonyl (C=O) groups is 1. The Hall–Kier alpha value is -2.98. The van der Waals surface area contributed by atoms with Gasteiger partial charge < -0.3 is 10.1 Å². The van der Waals surface area contributed by atoms with E-state index in [2.05, 4.69) is 15.3 Å². The van der Waals surface area contributed by atoms with Crippen molar-refractivity contribution in [2.24, 2.45) is 5.11 Å². The zero-order valence-electron chi connectivity index (χ0n) is 12.1. The first-order chi connectivity index (χ1) is 10.7. The van der Waals surface area contributed by atoms with Crippen LogP contribution in [0.5, 0.6) is 5.75 Å². The summed E-state index contributed by atoms with van der Waals surface area (Å²) in [5, 5.41) is 6.37. The van der Waals surface area contributed by atoms with Crippen molar-refractivity contribution in [3.8, 4) is 5.75 Å². The highest BCUT2D eigenvalue weighted by Gasteiger charge is 2.18. The van der Waals surface area contributed by atoms with Gasteiger partial charge in [-0.25, -0.2) is 0 Å². The minimum absolute atomic E-state index is 0.341. The lowest BCUT2D eigenvalue weighted by atomic mass is 10.1. The smallest absolute Gasteiger partial charge is 0.233 e. The van der Waals surface area contributed by atoms with Crippen molar-refractivity contribution in [2.75, 3.05) is 7.11 Å². The Kier molecular flexibility index (Phi) is 5.40. The van der Waals surface area contributed by atoms with Gasteiger partial charge in [-0.15, -0.1) is 0 Å². The molecule has 0 fully saturated rings. The molecule has 1 N–H and O–H groups in total. The molecule has 1 amide bonds. The van der Waals surface area contributed by atoms with Crippen LogP contribution in [0.25, 0.3) is 10.4 Å². The molecule has 0 heterocycles. The molecular formula is C16H16N4O2. The first-order valence-corrected chi connectivity index (χ1v) is 6.74. The number of hydrogen-bond donors (Lipinski definition) is 1. The van der Waals surface area contributed by atoms with E-state index in [0.29, 0.717) is 17.9 Å². The Bertz CT molecular complexity index is 664. The average molecular weight is 296 g/mol. The molecule has 1 atom stereocenters. The minimum atomic E-state index is -0.903. The second-order valence-electron chi connectivity index (χ2n) is 4.58. The van der Waals surface area contributed by atoms with E-state index in [0.717, 1.165) is 5.56 Å². The summed E-state index contributed by atoms with van der Waals surface area (Å²) < 4.78 is 5.07. The number of rotatable bonds is 6. The van der Waals surface area contributed by atoms with Gasteiger partial charge in [-0.1, -0.05) is 47.6 Å². The quantitative estimate of drug-likeness (QED) is 0.503. The summed E-state index contributed by atoms with van der Waals surface area (Å²) in [6, 6.07) is 15.5. The summed E-state index contributed by atoms with van der Waals surface area (Å²) >= 11 is 0. The molecule has 112 valence electrons. The zero-order valence-corrected chi connectivity index (χ0v) is 12.1. The number of amides is 1. The van der Waals surface area contributed by atoms with Gasteiger partial charge in [0, 0.05) is 11.5 Å². The molecule has 1 unspecified atom stereocenters. The normalized spacial score (nSPS) is 11.1. The minimum Gasteiger partial charge on any atom is -0.497 e. The predicted octanol–water partition coefficient (Wildman–Crippen LogP) is 3.36. The summed E-state index contributed by atoms with van der Waals surface area (Å²) in [6.45, 7) is 0.382. The second kappa shape index (κ2) is 7.71. The number of nitrogens with zero attached hydrogens (tertiary/aromatic N) is 3. The summed E-state index contributed by atoms with van der Waals surface area (Å²) in [5.74, 6) is 0.333. The van der Waals surface area contributed by atoms with Crippen molar-refractivity contribution in [1.82, 2.24) is 5.32 Å². The molecule has 6 nitrogen and oxygen atoms in total. The average Bonchev–Trinajstić information content (AvgIpc) is 2.58. The van der Waals surface area contributed by atoms with Gasteiger partial charge in [0.1, 0.15) is 11.8 Å². The summed E-state index contributed by atoms with van der Waals surface area (Å²) in [6.07, 6.45) is 0. The van der Waals surface area contributed by atoms with Crippen LogP contribution in [-0.2, 0) is 11.3 Å². The molecule has 0 aliphatic carbocycles. The van der Waals surface area contributed by atoms with Crippen molar-refractivity contribution in [3.05, 3.63) is 76.2 Å². The lowest BCUT2D eigenvalue weighted by Crippen LogP contribution is -2.27. The zero-order chi connectivity index (χ0) is 15.8. The number of azide groups is 1. The van der Waals surface area contributed by atoms with Crippen molar-refractivity contribution in [3.63, 3.8) is 0 Å². The highest BCUT2D eigenvalue weighted by molar-refractivity contribution is 5.83. The van der Waals surface area contributed by atoms with Crippen LogP contribution in [0.15, 0.2) is 59.7 Å². The molecule has 0 spiro atoms. The third-order valence-corrected chi connectivity index (χ3v) is 3.16. The summed E-state index contributed by atoms with van der Waals surface area (Å²) in [5.41, 5.74) is 10.3. The molecule has 0 aliphatic rings. The van der Waals surface area contributed by atoms with Crippen LogP contribution in [0.4, 0.5) is 0 Å². The molecule has 0 radical (unpaired) electrons. The third kappa shape index (κ3) is 4.01. The molecule has 0 aromatic heterocycles. The topological polar surface area (TPSA) is 87.1 Å². The second-order valence-corrected chi connectivity index (χ2v) is 4.58. The highest BCUT2D eigenvalue weighted by atomic mass is 16.5. The van der Waals surface area contributed by atoms with Crippen molar-refractivity contribution >= 4 is 5.91 Å². The Morgan fingerprint density at radius 3 is 2.50 bits per heavy atom. The van der Waals surface area contributed by atoms with Gasteiger partial charge in [0.2, 0.25) is 5.91 Å². The number of nitrogens with one attached hydrogen (secondary N) is 1. The van der Waals surface area contributed by atoms with Gasteiger partial charge in [0.15, 0.2) is 0 Å². The molecule has 0 saturated heterocycles. The molecule has 0 bridgehead atoms. The molecule has 2 aromatic carbocycles. The maximum absolute atomic E-state index is 12.3. The first-order valence-electron chi connectivity index (χ1n) is 6.74. The van der Waals surface area contributed by atoms with Crippen LogP contribution in [-0.4, -0.2) is 13.0 Å². The Labute approximate surface area is 128 Å². The molecule has 2 aromatic rings. The maximum Gasteiger partial charge on any atom is 0.233 e. The van der Waals surface area contributed by atoms with E-state index in [1.54, 1.807) is 31.4 Å². The van der Waals surface area contributed by atoms with Crippen LogP contribution in [0.3, 0.4) is 0 Å². The molecular weight excluding hydrogens is 280 g/mol. The fourth-order valence-electron chi connectivity index (χ4n) is 1.99. The number of ether oxygens (including phenoxy) is 1. The number of carbonyl (C=O) groups excluding carboxylic acids is 1. The molecule has 0 aliphatic heterocycles. The molecule has 22 heavy (non-hydrogen) atoms. The summed E-state index contributed by atoms with van der Waals surface area (Å²) in [4.78, 5) is 15.0. The van der Waals surface area contributed by atoms with E-state index in [1.807, 2.05) is 30.3 Å². The van der Waals surface area contributed by atoms with Gasteiger partial charge in [0.25, 0.3) is 0 Å². The number of benzene rings is 2. The van der Waals surface area contributed by atoms with Crippen LogP contribution in [0.2, 0.25) is 0 Å². The fourth-order valence-corrected chi connectivity index (χ4v) is 1.99. The van der Waals surface area contributed by atoms with Crippen molar-refractivity contribution in [2.45, 2.75) is 12.6 Å². The highest BCUT2D eigenvalue weighted by Crippen LogP contribution is 2.21. The van der Waals surface area contributed by atoms with E-state index in [9.17, 15) is 4.79 Å². The summed E-state index contributed by atoms with van der Waals surface area (Å²) in [7, 11) is 1.56. The number of hydrogen-bond acceptors (Lipinski definition) is 3. The Balaban J connectivity index is 2.09.